The summed E-state index contributed by atoms with van der Waals surface area (Å²) in [6.45, 7) is 9.78. The van der Waals surface area contributed by atoms with Crippen LogP contribution in [0.3, 0.4) is 0 Å². The van der Waals surface area contributed by atoms with Gasteiger partial charge in [0.25, 0.3) is 0 Å². The molecule has 190 valence electrons. The quantitative estimate of drug-likeness (QED) is 0.248. The van der Waals surface area contributed by atoms with E-state index in [1.54, 1.807) is 24.4 Å². The first kappa shape index (κ1) is 25.2. The van der Waals surface area contributed by atoms with Gasteiger partial charge in [-0.2, -0.15) is 0 Å². The molecule has 4 heterocycles. The van der Waals surface area contributed by atoms with Gasteiger partial charge in [-0.15, -0.1) is 0 Å². The van der Waals surface area contributed by atoms with Crippen molar-refractivity contribution in [1.82, 2.24) is 20.0 Å². The van der Waals surface area contributed by atoms with Gasteiger partial charge in [-0.05, 0) is 74.5 Å². The number of hydrogen-bond acceptors (Lipinski definition) is 8. The first-order chi connectivity index (χ1) is 17.9. The van der Waals surface area contributed by atoms with E-state index in [4.69, 9.17) is 14.5 Å². The van der Waals surface area contributed by atoms with E-state index in [-0.39, 0.29) is 12.0 Å². The van der Waals surface area contributed by atoms with E-state index in [0.717, 1.165) is 28.3 Å². The van der Waals surface area contributed by atoms with Crippen LogP contribution in [0.4, 0.5) is 0 Å². The Hall–Kier alpha value is -3.46. The molecule has 1 unspecified atom stereocenters. The third-order valence-electron chi connectivity index (χ3n) is 6.69. The number of hydrogen-bond donors (Lipinski definition) is 3. The number of fused-ring (bicyclic) bond motifs is 5. The Kier molecular flexibility index (Phi) is 7.15. The number of aliphatic hydroxyl groups excluding tert-OH is 1. The summed E-state index contributed by atoms with van der Waals surface area (Å²) in [4.78, 5) is 14.7. The second-order valence-corrected chi connectivity index (χ2v) is 10.4. The standard InChI is InChI=1S/C19H18N2S.C10H13N3O2/c1-12-6-4-7-13(2)17(12)16-11-19(3)14-8-5-9-15(10-14)22-21-18(19)20-16;1-7-6-15-10-9(7)13-8(5-12-10)4-11-2-3-14/h4-11H,1-3H3,(H,20,21);5-6,11,14H,2-4H2,1H3. The summed E-state index contributed by atoms with van der Waals surface area (Å²) >= 11 is 1.64. The van der Waals surface area contributed by atoms with Crippen molar-refractivity contribution in [1.29, 1.82) is 0 Å². The van der Waals surface area contributed by atoms with E-state index in [9.17, 15) is 0 Å². The fourth-order valence-electron chi connectivity index (χ4n) is 4.63. The summed E-state index contributed by atoms with van der Waals surface area (Å²) < 4.78 is 8.64. The lowest BCUT2D eigenvalue weighted by Gasteiger charge is -2.22. The predicted octanol–water partition coefficient (Wildman–Crippen LogP) is 5.24. The fourth-order valence-corrected chi connectivity index (χ4v) is 5.44. The molecule has 1 atom stereocenters. The number of aliphatic hydroxyl groups is 1. The Balaban J connectivity index is 0.000000164. The molecule has 6 rings (SSSR count). The number of aryl methyl sites for hydroxylation is 3. The highest BCUT2D eigenvalue weighted by molar-refractivity contribution is 7.98. The van der Waals surface area contributed by atoms with Crippen LogP contribution in [0, 0.1) is 20.8 Å². The Morgan fingerprint density at radius 3 is 2.65 bits per heavy atom. The lowest BCUT2D eigenvalue weighted by molar-refractivity contribution is 0.291. The molecule has 0 amide bonds. The van der Waals surface area contributed by atoms with Crippen molar-refractivity contribution in [2.75, 3.05) is 13.2 Å². The average molecular weight is 514 g/mol. The fraction of sp³-hybridized carbons (Fsp3) is 0.276. The van der Waals surface area contributed by atoms with Crippen molar-refractivity contribution in [3.8, 4) is 0 Å². The molecule has 7 nitrogen and oxygen atoms in total. The van der Waals surface area contributed by atoms with E-state index < -0.39 is 0 Å². The molecule has 8 heteroatoms. The van der Waals surface area contributed by atoms with E-state index in [0.29, 0.717) is 18.8 Å². The highest BCUT2D eigenvalue weighted by Gasteiger charge is 2.38. The minimum absolute atomic E-state index is 0.125. The molecule has 37 heavy (non-hydrogen) atoms. The second-order valence-electron chi connectivity index (χ2n) is 9.53. The number of amidine groups is 1. The zero-order chi connectivity index (χ0) is 26.0. The van der Waals surface area contributed by atoms with E-state index in [1.807, 2.05) is 6.92 Å². The van der Waals surface area contributed by atoms with Crippen LogP contribution in [0.25, 0.3) is 16.9 Å². The van der Waals surface area contributed by atoms with Gasteiger partial charge in [-0.3, -0.25) is 0 Å². The normalized spacial score (nSPS) is 17.8. The van der Waals surface area contributed by atoms with Gasteiger partial charge in [-0.1, -0.05) is 30.3 Å². The van der Waals surface area contributed by atoms with Crippen molar-refractivity contribution in [3.63, 3.8) is 0 Å². The number of rotatable bonds is 5. The van der Waals surface area contributed by atoms with Gasteiger partial charge in [0.05, 0.1) is 35.9 Å². The Bertz CT molecular complexity index is 1490. The van der Waals surface area contributed by atoms with E-state index in [1.165, 1.54) is 27.1 Å². The maximum Gasteiger partial charge on any atom is 0.245 e. The summed E-state index contributed by atoms with van der Waals surface area (Å²) in [5, 5.41) is 11.7. The van der Waals surface area contributed by atoms with Gasteiger partial charge in [-0.25, -0.2) is 15.0 Å². The SMILES string of the molecule is Cc1cccc(C)c1C1=CC2(C)C(=N1)NSc1cccc2c1.Cc1coc2ncc(CNCCO)nc12. The lowest BCUT2D eigenvalue weighted by Crippen LogP contribution is -2.34. The molecule has 2 aromatic heterocycles. The Labute approximate surface area is 221 Å². The van der Waals surface area contributed by atoms with Crippen molar-refractivity contribution in [3.05, 3.63) is 94.5 Å². The Morgan fingerprint density at radius 2 is 1.86 bits per heavy atom. The van der Waals surface area contributed by atoms with Gasteiger partial charge >= 0.3 is 0 Å². The maximum absolute atomic E-state index is 8.61. The van der Waals surface area contributed by atoms with Gasteiger partial charge in [0.15, 0.2) is 0 Å². The molecule has 0 radical (unpaired) electrons. The molecule has 2 aliphatic heterocycles. The van der Waals surface area contributed by atoms with Gasteiger partial charge < -0.3 is 19.6 Å². The van der Waals surface area contributed by atoms with Crippen LogP contribution >= 0.6 is 11.9 Å². The molecule has 0 fully saturated rings. The summed E-state index contributed by atoms with van der Waals surface area (Å²) in [5.41, 5.74) is 9.21. The van der Waals surface area contributed by atoms with Crippen molar-refractivity contribution < 1.29 is 9.52 Å². The number of benzene rings is 2. The molecule has 4 aromatic rings. The lowest BCUT2D eigenvalue weighted by atomic mass is 9.81. The summed E-state index contributed by atoms with van der Waals surface area (Å²) in [5.74, 6) is 1.02. The maximum atomic E-state index is 8.61. The molecular weight excluding hydrogens is 482 g/mol. The number of nitrogens with zero attached hydrogens (tertiary/aromatic N) is 3. The Morgan fingerprint density at radius 1 is 1.08 bits per heavy atom. The van der Waals surface area contributed by atoms with Crippen molar-refractivity contribution in [2.45, 2.75) is 44.6 Å². The minimum atomic E-state index is -0.177. The molecule has 0 aliphatic carbocycles. The van der Waals surface area contributed by atoms with Crippen LogP contribution in [0.5, 0.6) is 0 Å². The van der Waals surface area contributed by atoms with Crippen LogP contribution in [0.1, 0.15) is 40.4 Å². The van der Waals surface area contributed by atoms with Gasteiger partial charge in [0.1, 0.15) is 11.4 Å². The summed E-state index contributed by atoms with van der Waals surface area (Å²) in [7, 11) is 0. The van der Waals surface area contributed by atoms with Gasteiger partial charge in [0.2, 0.25) is 5.71 Å². The summed E-state index contributed by atoms with van der Waals surface area (Å²) in [6.07, 6.45) is 5.63. The highest BCUT2D eigenvalue weighted by atomic mass is 32.2. The van der Waals surface area contributed by atoms with Crippen LogP contribution in [-0.2, 0) is 12.0 Å². The van der Waals surface area contributed by atoms with Crippen molar-refractivity contribution in [2.24, 2.45) is 4.99 Å². The molecule has 0 saturated carbocycles. The molecule has 2 aromatic carbocycles. The second kappa shape index (κ2) is 10.5. The first-order valence-electron chi connectivity index (χ1n) is 12.3. The average Bonchev–Trinajstić information content (AvgIpc) is 3.41. The number of aromatic nitrogens is 2. The smallest absolute Gasteiger partial charge is 0.245 e. The molecule has 3 N–H and O–H groups in total. The van der Waals surface area contributed by atoms with Crippen LogP contribution < -0.4 is 10.0 Å². The van der Waals surface area contributed by atoms with E-state index >= 15 is 0 Å². The number of furan rings is 1. The third kappa shape index (κ3) is 5.05. The zero-order valence-electron chi connectivity index (χ0n) is 21.5. The molecular formula is C29H31N5O2S. The zero-order valence-corrected chi connectivity index (χ0v) is 22.3. The monoisotopic (exact) mass is 513 g/mol. The van der Waals surface area contributed by atoms with Crippen molar-refractivity contribution >= 4 is 34.7 Å². The van der Waals surface area contributed by atoms with Crippen LogP contribution in [-0.4, -0.2) is 34.1 Å². The van der Waals surface area contributed by atoms with Crippen LogP contribution in [0.15, 0.2) is 75.3 Å². The molecule has 2 bridgehead atoms. The topological polar surface area (TPSA) is 95.6 Å². The van der Waals surface area contributed by atoms with Crippen LogP contribution in [0.2, 0.25) is 0 Å². The first-order valence-corrected chi connectivity index (χ1v) is 13.1. The molecule has 0 spiro atoms. The third-order valence-corrected chi connectivity index (χ3v) is 7.48. The minimum Gasteiger partial charge on any atom is -0.445 e. The highest BCUT2D eigenvalue weighted by Crippen LogP contribution is 2.41. The number of nitrogens with one attached hydrogen (secondary N) is 2. The van der Waals surface area contributed by atoms with E-state index in [2.05, 4.69) is 89.3 Å². The predicted molar refractivity (Wildman–Crippen MR) is 149 cm³/mol. The van der Waals surface area contributed by atoms with Gasteiger partial charge in [0, 0.05) is 29.1 Å². The largest absolute Gasteiger partial charge is 0.445 e. The molecule has 0 saturated heterocycles. The number of aliphatic imine (C=N–C) groups is 1. The summed E-state index contributed by atoms with van der Waals surface area (Å²) in [6, 6.07) is 15.1. The molecule has 2 aliphatic rings.